The van der Waals surface area contributed by atoms with Crippen molar-refractivity contribution in [3.63, 3.8) is 0 Å². The number of nitrogens with two attached hydrogens (primary N) is 1. The summed E-state index contributed by atoms with van der Waals surface area (Å²) in [5.41, 5.74) is 6.26. The molecule has 2 bridgehead atoms. The maximum absolute atomic E-state index is 6.01. The Balaban J connectivity index is 1.75. The number of hydrogen-bond donors (Lipinski definition) is 1. The van der Waals surface area contributed by atoms with Crippen molar-refractivity contribution in [3.05, 3.63) is 0 Å². The third-order valence-electron chi connectivity index (χ3n) is 4.64. The molecule has 0 aromatic rings. The molecular weight excluding hydrogens is 188 g/mol. The molecule has 2 N–H and O–H groups in total. The third kappa shape index (κ3) is 1.61. The highest BCUT2D eigenvalue weighted by molar-refractivity contribution is 5.03. The topological polar surface area (TPSA) is 38.5 Å². The molecule has 0 amide bonds. The van der Waals surface area contributed by atoms with Gasteiger partial charge in [-0.3, -0.25) is 4.90 Å². The van der Waals surface area contributed by atoms with Crippen molar-refractivity contribution < 1.29 is 4.74 Å². The van der Waals surface area contributed by atoms with E-state index in [1.54, 1.807) is 0 Å². The average Bonchev–Trinajstić information content (AvgIpc) is 3.05. The fourth-order valence-corrected chi connectivity index (χ4v) is 3.29. The number of likely N-dealkylation sites (tertiary alicyclic amines) is 1. The highest BCUT2D eigenvalue weighted by Gasteiger charge is 2.48. The van der Waals surface area contributed by atoms with Crippen molar-refractivity contribution in [2.45, 2.75) is 50.4 Å². The van der Waals surface area contributed by atoms with E-state index in [9.17, 15) is 0 Å². The molecule has 2 heterocycles. The van der Waals surface area contributed by atoms with Crippen LogP contribution in [0.5, 0.6) is 0 Å². The molecule has 3 fully saturated rings. The zero-order chi connectivity index (χ0) is 10.5. The maximum Gasteiger partial charge on any atom is 0.0707 e. The van der Waals surface area contributed by atoms with Gasteiger partial charge in [-0.1, -0.05) is 0 Å². The summed E-state index contributed by atoms with van der Waals surface area (Å²) in [6.45, 7) is 5.38. The van der Waals surface area contributed by atoms with Gasteiger partial charge in [0.15, 0.2) is 0 Å². The first-order chi connectivity index (χ1) is 7.22. The second kappa shape index (κ2) is 3.44. The van der Waals surface area contributed by atoms with E-state index in [2.05, 4.69) is 11.8 Å². The number of rotatable bonds is 3. The molecule has 0 spiro atoms. The first kappa shape index (κ1) is 10.1. The molecule has 2 saturated heterocycles. The van der Waals surface area contributed by atoms with Crippen LogP contribution in [0.2, 0.25) is 0 Å². The second-order valence-electron chi connectivity index (χ2n) is 5.70. The van der Waals surface area contributed by atoms with Crippen LogP contribution in [0.25, 0.3) is 0 Å². The molecule has 3 unspecified atom stereocenters. The Labute approximate surface area is 91.9 Å². The molecule has 0 radical (unpaired) electrons. The summed E-state index contributed by atoms with van der Waals surface area (Å²) in [5, 5.41) is 0. The van der Waals surface area contributed by atoms with E-state index in [-0.39, 0.29) is 5.54 Å². The van der Waals surface area contributed by atoms with Gasteiger partial charge >= 0.3 is 0 Å². The lowest BCUT2D eigenvalue weighted by Crippen LogP contribution is -2.59. The van der Waals surface area contributed by atoms with Gasteiger partial charge in [0.05, 0.1) is 12.2 Å². The van der Waals surface area contributed by atoms with E-state index in [0.29, 0.717) is 12.2 Å². The minimum Gasteiger partial charge on any atom is -0.372 e. The van der Waals surface area contributed by atoms with Gasteiger partial charge in [0.1, 0.15) is 0 Å². The predicted octanol–water partition coefficient (Wildman–Crippen LogP) is 0.977. The summed E-state index contributed by atoms with van der Waals surface area (Å²) >= 11 is 0. The standard InChI is InChI=1S/C12H22N2O/c1-12(8-13,9-2-3-9)14-6-10-4-5-11(7-14)15-10/h9-11H,2-8,13H2,1H3. The van der Waals surface area contributed by atoms with Gasteiger partial charge in [0.2, 0.25) is 0 Å². The van der Waals surface area contributed by atoms with Gasteiger partial charge < -0.3 is 10.5 Å². The van der Waals surface area contributed by atoms with Crippen molar-refractivity contribution in [1.82, 2.24) is 4.90 Å². The number of ether oxygens (including phenoxy) is 1. The first-order valence-electron chi connectivity index (χ1n) is 6.33. The van der Waals surface area contributed by atoms with E-state index < -0.39 is 0 Å². The zero-order valence-electron chi connectivity index (χ0n) is 9.61. The van der Waals surface area contributed by atoms with Crippen LogP contribution in [0.4, 0.5) is 0 Å². The lowest BCUT2D eigenvalue weighted by molar-refractivity contribution is -0.0778. The second-order valence-corrected chi connectivity index (χ2v) is 5.70. The minimum atomic E-state index is 0.255. The largest absolute Gasteiger partial charge is 0.372 e. The van der Waals surface area contributed by atoms with Gasteiger partial charge in [0, 0.05) is 25.2 Å². The molecule has 3 heteroatoms. The smallest absolute Gasteiger partial charge is 0.0707 e. The Morgan fingerprint density at radius 2 is 1.80 bits per heavy atom. The van der Waals surface area contributed by atoms with Gasteiger partial charge in [-0.2, -0.15) is 0 Å². The van der Waals surface area contributed by atoms with Crippen molar-refractivity contribution >= 4 is 0 Å². The molecule has 3 atom stereocenters. The summed E-state index contributed by atoms with van der Waals surface area (Å²) in [6.07, 6.45) is 6.25. The van der Waals surface area contributed by atoms with Crippen molar-refractivity contribution in [2.75, 3.05) is 19.6 Å². The molecule has 2 aliphatic heterocycles. The molecule has 3 nitrogen and oxygen atoms in total. The molecule has 0 aromatic carbocycles. The van der Waals surface area contributed by atoms with Crippen LogP contribution in [0.3, 0.4) is 0 Å². The molecule has 3 aliphatic rings. The third-order valence-corrected chi connectivity index (χ3v) is 4.64. The Morgan fingerprint density at radius 3 is 2.27 bits per heavy atom. The summed E-state index contributed by atoms with van der Waals surface area (Å²) < 4.78 is 5.88. The quantitative estimate of drug-likeness (QED) is 0.754. The molecule has 1 aliphatic carbocycles. The van der Waals surface area contributed by atoms with Crippen LogP contribution in [-0.2, 0) is 4.74 Å². The zero-order valence-corrected chi connectivity index (χ0v) is 9.61. The van der Waals surface area contributed by atoms with Gasteiger partial charge in [0.25, 0.3) is 0 Å². The van der Waals surface area contributed by atoms with E-state index in [1.807, 2.05) is 0 Å². The number of fused-ring (bicyclic) bond motifs is 2. The predicted molar refractivity (Wildman–Crippen MR) is 59.7 cm³/mol. The minimum absolute atomic E-state index is 0.255. The molecule has 1 saturated carbocycles. The summed E-state index contributed by atoms with van der Waals surface area (Å²) in [6, 6.07) is 0. The summed E-state index contributed by atoms with van der Waals surface area (Å²) in [7, 11) is 0. The van der Waals surface area contributed by atoms with Gasteiger partial charge in [-0.05, 0) is 38.5 Å². The SMILES string of the molecule is CC(CN)(C1CC1)N1CC2CCC(C1)O2. The number of nitrogens with zero attached hydrogens (tertiary/aromatic N) is 1. The molecule has 86 valence electrons. The first-order valence-corrected chi connectivity index (χ1v) is 6.33. The highest BCUT2D eigenvalue weighted by atomic mass is 16.5. The normalized spacial score (nSPS) is 40.4. The molecule has 0 aromatic heterocycles. The number of morpholine rings is 1. The van der Waals surface area contributed by atoms with Crippen LogP contribution in [0, 0.1) is 5.92 Å². The average molecular weight is 210 g/mol. The Kier molecular flexibility index (Phi) is 2.31. The van der Waals surface area contributed by atoms with Crippen molar-refractivity contribution in [1.29, 1.82) is 0 Å². The summed E-state index contributed by atoms with van der Waals surface area (Å²) in [4.78, 5) is 2.62. The number of hydrogen-bond acceptors (Lipinski definition) is 3. The van der Waals surface area contributed by atoms with Crippen molar-refractivity contribution in [2.24, 2.45) is 11.7 Å². The van der Waals surface area contributed by atoms with E-state index in [0.717, 1.165) is 25.6 Å². The highest BCUT2D eigenvalue weighted by Crippen LogP contribution is 2.44. The summed E-state index contributed by atoms with van der Waals surface area (Å²) in [5.74, 6) is 0.847. The van der Waals surface area contributed by atoms with E-state index in [4.69, 9.17) is 10.5 Å². The Hall–Kier alpha value is -0.120. The fraction of sp³-hybridized carbons (Fsp3) is 1.00. The Bertz CT molecular complexity index is 242. The van der Waals surface area contributed by atoms with Crippen LogP contribution < -0.4 is 5.73 Å². The molecule has 3 rings (SSSR count). The van der Waals surface area contributed by atoms with Gasteiger partial charge in [-0.15, -0.1) is 0 Å². The van der Waals surface area contributed by atoms with Crippen LogP contribution in [0.15, 0.2) is 0 Å². The van der Waals surface area contributed by atoms with Crippen LogP contribution in [0.1, 0.15) is 32.6 Å². The van der Waals surface area contributed by atoms with Crippen LogP contribution >= 0.6 is 0 Å². The van der Waals surface area contributed by atoms with E-state index >= 15 is 0 Å². The molecule has 15 heavy (non-hydrogen) atoms. The lowest BCUT2D eigenvalue weighted by Gasteiger charge is -2.45. The van der Waals surface area contributed by atoms with Crippen molar-refractivity contribution in [3.8, 4) is 0 Å². The van der Waals surface area contributed by atoms with Crippen LogP contribution in [-0.4, -0.2) is 42.3 Å². The monoisotopic (exact) mass is 210 g/mol. The fourth-order valence-electron chi connectivity index (χ4n) is 3.29. The van der Waals surface area contributed by atoms with E-state index in [1.165, 1.54) is 25.7 Å². The van der Waals surface area contributed by atoms with Gasteiger partial charge in [-0.25, -0.2) is 0 Å². The maximum atomic E-state index is 6.01. The molecular formula is C12H22N2O. The lowest BCUT2D eigenvalue weighted by atomic mass is 9.92. The Morgan fingerprint density at radius 1 is 1.20 bits per heavy atom.